The van der Waals surface area contributed by atoms with Crippen LogP contribution in [-0.4, -0.2) is 0 Å². The molecule has 0 saturated carbocycles. The van der Waals surface area contributed by atoms with E-state index in [2.05, 4.69) is 21.2 Å². The van der Waals surface area contributed by atoms with Crippen molar-refractivity contribution in [2.24, 2.45) is 0 Å². The van der Waals surface area contributed by atoms with Crippen LogP contribution in [0.15, 0.2) is 40.9 Å². The monoisotopic (exact) mass is 311 g/mol. The zero-order valence-corrected chi connectivity index (χ0v) is 11.4. The molecule has 2 rings (SSSR count). The number of halogens is 3. The molecule has 1 nitrogen and oxygen atoms in total. The molecule has 0 fully saturated rings. The molecule has 2 aromatic rings. The first-order valence-corrected chi connectivity index (χ1v) is 6.30. The van der Waals surface area contributed by atoms with Crippen molar-refractivity contribution in [3.8, 4) is 0 Å². The van der Waals surface area contributed by atoms with Crippen molar-refractivity contribution in [1.29, 1.82) is 0 Å². The smallest absolute Gasteiger partial charge is 0.128 e. The Hall–Kier alpha value is -1.42. The van der Waals surface area contributed by atoms with E-state index in [1.54, 1.807) is 31.2 Å². The summed E-state index contributed by atoms with van der Waals surface area (Å²) in [7, 11) is 0. The van der Waals surface area contributed by atoms with Crippen molar-refractivity contribution >= 4 is 21.6 Å². The molecule has 0 saturated heterocycles. The van der Waals surface area contributed by atoms with Gasteiger partial charge in [-0.2, -0.15) is 0 Å². The van der Waals surface area contributed by atoms with E-state index in [9.17, 15) is 8.78 Å². The summed E-state index contributed by atoms with van der Waals surface area (Å²) in [6, 6.07) is 9.55. The summed E-state index contributed by atoms with van der Waals surface area (Å²) < 4.78 is 27.7. The van der Waals surface area contributed by atoms with E-state index in [0.717, 1.165) is 4.47 Å². The Balaban J connectivity index is 2.16. The van der Waals surface area contributed by atoms with Crippen LogP contribution >= 0.6 is 15.9 Å². The van der Waals surface area contributed by atoms with Crippen molar-refractivity contribution in [3.05, 3.63) is 63.6 Å². The molecule has 2 aromatic carbocycles. The van der Waals surface area contributed by atoms with Crippen LogP contribution in [0.3, 0.4) is 0 Å². The molecule has 0 amide bonds. The van der Waals surface area contributed by atoms with E-state index in [1.807, 2.05) is 0 Å². The minimum Gasteiger partial charge on any atom is -0.381 e. The lowest BCUT2D eigenvalue weighted by atomic mass is 10.1. The first-order valence-electron chi connectivity index (χ1n) is 5.51. The van der Waals surface area contributed by atoms with E-state index in [4.69, 9.17) is 0 Å². The number of anilines is 1. The molecule has 0 atom stereocenters. The zero-order valence-electron chi connectivity index (χ0n) is 9.81. The van der Waals surface area contributed by atoms with Crippen molar-refractivity contribution in [2.45, 2.75) is 13.5 Å². The van der Waals surface area contributed by atoms with Crippen molar-refractivity contribution < 1.29 is 8.78 Å². The van der Waals surface area contributed by atoms with Crippen LogP contribution in [0, 0.1) is 18.6 Å². The Bertz CT molecular complexity index is 568. The van der Waals surface area contributed by atoms with E-state index < -0.39 is 0 Å². The van der Waals surface area contributed by atoms with Crippen LogP contribution in [0.1, 0.15) is 11.1 Å². The summed E-state index contributed by atoms with van der Waals surface area (Å²) in [6.45, 7) is 2.00. The Morgan fingerprint density at radius 2 is 1.89 bits per heavy atom. The van der Waals surface area contributed by atoms with Gasteiger partial charge in [-0.15, -0.1) is 0 Å². The van der Waals surface area contributed by atoms with Gasteiger partial charge >= 0.3 is 0 Å². The summed E-state index contributed by atoms with van der Waals surface area (Å²) in [4.78, 5) is 0. The van der Waals surface area contributed by atoms with E-state index in [0.29, 0.717) is 23.4 Å². The van der Waals surface area contributed by atoms with Gasteiger partial charge in [0.2, 0.25) is 0 Å². The normalized spacial score (nSPS) is 10.4. The maximum atomic E-state index is 13.5. The van der Waals surface area contributed by atoms with Crippen LogP contribution in [0.2, 0.25) is 0 Å². The van der Waals surface area contributed by atoms with Gasteiger partial charge in [-0.05, 0) is 37.3 Å². The van der Waals surface area contributed by atoms with E-state index >= 15 is 0 Å². The first-order chi connectivity index (χ1) is 8.58. The molecule has 18 heavy (non-hydrogen) atoms. The van der Waals surface area contributed by atoms with Gasteiger partial charge in [0, 0.05) is 27.8 Å². The van der Waals surface area contributed by atoms with Gasteiger partial charge in [0.05, 0.1) is 0 Å². The van der Waals surface area contributed by atoms with Crippen molar-refractivity contribution in [3.63, 3.8) is 0 Å². The van der Waals surface area contributed by atoms with Gasteiger partial charge in [-0.3, -0.25) is 0 Å². The minimum atomic E-state index is -0.278. The Morgan fingerprint density at radius 1 is 1.11 bits per heavy atom. The Morgan fingerprint density at radius 3 is 2.67 bits per heavy atom. The average molecular weight is 312 g/mol. The van der Waals surface area contributed by atoms with Gasteiger partial charge < -0.3 is 5.32 Å². The van der Waals surface area contributed by atoms with E-state index in [-0.39, 0.29) is 11.6 Å². The lowest BCUT2D eigenvalue weighted by Gasteiger charge is -2.11. The summed E-state index contributed by atoms with van der Waals surface area (Å²) in [5.41, 5.74) is 1.75. The van der Waals surface area contributed by atoms with Crippen LogP contribution in [0.4, 0.5) is 14.5 Å². The van der Waals surface area contributed by atoms with Crippen LogP contribution in [0.25, 0.3) is 0 Å². The third-order valence-corrected chi connectivity index (χ3v) is 3.24. The molecule has 0 bridgehead atoms. The highest BCUT2D eigenvalue weighted by Gasteiger charge is 2.05. The third-order valence-electron chi connectivity index (χ3n) is 2.74. The number of rotatable bonds is 3. The quantitative estimate of drug-likeness (QED) is 0.870. The highest BCUT2D eigenvalue weighted by Crippen LogP contribution is 2.20. The molecular weight excluding hydrogens is 300 g/mol. The molecule has 0 aliphatic carbocycles. The molecule has 0 aliphatic heterocycles. The lowest BCUT2D eigenvalue weighted by Crippen LogP contribution is -2.04. The van der Waals surface area contributed by atoms with Gasteiger partial charge in [-0.25, -0.2) is 8.78 Å². The van der Waals surface area contributed by atoms with Gasteiger partial charge in [-0.1, -0.05) is 22.0 Å². The molecule has 0 radical (unpaired) electrons. The fraction of sp³-hybridized carbons (Fsp3) is 0.143. The molecule has 94 valence electrons. The van der Waals surface area contributed by atoms with Gasteiger partial charge in [0.1, 0.15) is 11.6 Å². The second-order valence-corrected chi connectivity index (χ2v) is 4.92. The fourth-order valence-corrected chi connectivity index (χ4v) is 2.08. The maximum absolute atomic E-state index is 13.5. The molecule has 0 aliphatic rings. The van der Waals surface area contributed by atoms with Gasteiger partial charge in [0.25, 0.3) is 0 Å². The van der Waals surface area contributed by atoms with Gasteiger partial charge in [0.15, 0.2) is 0 Å². The van der Waals surface area contributed by atoms with E-state index in [1.165, 1.54) is 12.1 Å². The minimum absolute atomic E-state index is 0.269. The number of hydrogen-bond acceptors (Lipinski definition) is 1. The molecule has 4 heteroatoms. The standard InChI is InChI=1S/C14H12BrF2N/c1-9-12(16)3-2-4-14(9)18-8-10-7-11(15)5-6-13(10)17/h2-7,18H,8H2,1H3. The SMILES string of the molecule is Cc1c(F)cccc1NCc1cc(Br)ccc1F. The third kappa shape index (κ3) is 2.88. The second-order valence-electron chi connectivity index (χ2n) is 4.00. The first kappa shape index (κ1) is 13.0. The molecule has 0 unspecified atom stereocenters. The second kappa shape index (κ2) is 5.48. The van der Waals surface area contributed by atoms with Crippen LogP contribution in [0.5, 0.6) is 0 Å². The number of nitrogens with one attached hydrogen (secondary N) is 1. The number of benzene rings is 2. The summed E-state index contributed by atoms with van der Waals surface area (Å²) in [5, 5.41) is 3.04. The zero-order chi connectivity index (χ0) is 13.1. The average Bonchev–Trinajstić information content (AvgIpc) is 2.35. The highest BCUT2D eigenvalue weighted by molar-refractivity contribution is 9.10. The number of hydrogen-bond donors (Lipinski definition) is 1. The predicted octanol–water partition coefficient (Wildman–Crippen LogP) is 4.65. The lowest BCUT2D eigenvalue weighted by molar-refractivity contribution is 0.611. The topological polar surface area (TPSA) is 12.0 Å². The highest BCUT2D eigenvalue weighted by atomic mass is 79.9. The molecular formula is C14H12BrF2N. The summed E-state index contributed by atoms with van der Waals surface area (Å²) in [5.74, 6) is -0.547. The maximum Gasteiger partial charge on any atom is 0.128 e. The largest absolute Gasteiger partial charge is 0.381 e. The van der Waals surface area contributed by atoms with Crippen molar-refractivity contribution in [2.75, 3.05) is 5.32 Å². The Labute approximate surface area is 113 Å². The summed E-state index contributed by atoms with van der Waals surface area (Å²) >= 11 is 3.29. The fourth-order valence-electron chi connectivity index (χ4n) is 1.67. The molecule has 0 heterocycles. The van der Waals surface area contributed by atoms with Crippen LogP contribution in [-0.2, 0) is 6.54 Å². The Kier molecular flexibility index (Phi) is 3.97. The molecule has 0 aromatic heterocycles. The predicted molar refractivity (Wildman–Crippen MR) is 72.6 cm³/mol. The van der Waals surface area contributed by atoms with Crippen molar-refractivity contribution in [1.82, 2.24) is 0 Å². The summed E-state index contributed by atoms with van der Waals surface area (Å²) in [6.07, 6.45) is 0. The molecule has 0 spiro atoms. The van der Waals surface area contributed by atoms with Crippen LogP contribution < -0.4 is 5.32 Å². The molecule has 1 N–H and O–H groups in total.